The molecule has 1 aromatic heterocycles. The molecule has 0 bridgehead atoms. The molecule has 0 saturated carbocycles. The van der Waals surface area contributed by atoms with E-state index in [0.717, 1.165) is 6.07 Å². The second kappa shape index (κ2) is 4.17. The molecule has 74 valence electrons. The molecule has 1 heterocycles. The van der Waals surface area contributed by atoms with E-state index < -0.39 is 17.2 Å². The predicted molar refractivity (Wildman–Crippen MR) is 49.3 cm³/mol. The van der Waals surface area contributed by atoms with E-state index in [2.05, 4.69) is 15.5 Å². The molecule has 0 spiro atoms. The number of carbonyl (C=O) groups is 1. The average Bonchev–Trinajstić information content (AvgIpc) is 2.12. The number of aromatic nitrogens is 2. The molecular weight excluding hydrogens is 188 g/mol. The average molecular weight is 196 g/mol. The molecule has 0 unspecified atom stereocenters. The van der Waals surface area contributed by atoms with Crippen LogP contribution in [0.3, 0.4) is 0 Å². The molecule has 7 heteroatoms. The normalized spacial score (nSPS) is 10.4. The predicted octanol–water partition coefficient (Wildman–Crippen LogP) is -1.20. The largest absolute Gasteiger partial charge is 0.326 e. The molecule has 1 amide bonds. The summed E-state index contributed by atoms with van der Waals surface area (Å²) >= 11 is 0. The zero-order valence-electron chi connectivity index (χ0n) is 7.33. The minimum Gasteiger partial charge on any atom is -0.303 e. The summed E-state index contributed by atoms with van der Waals surface area (Å²) in [6.45, 7) is 1.61. The van der Waals surface area contributed by atoms with Crippen LogP contribution in [0.4, 0.5) is 0 Å². The summed E-state index contributed by atoms with van der Waals surface area (Å²) in [4.78, 5) is 36.8. The van der Waals surface area contributed by atoms with Gasteiger partial charge in [0.2, 0.25) is 0 Å². The first-order valence-electron chi connectivity index (χ1n) is 3.75. The number of amides is 1. The van der Waals surface area contributed by atoms with E-state index in [1.807, 2.05) is 4.98 Å². The van der Waals surface area contributed by atoms with E-state index in [-0.39, 0.29) is 5.69 Å². The van der Waals surface area contributed by atoms with Gasteiger partial charge in [-0.05, 0) is 6.92 Å². The van der Waals surface area contributed by atoms with Crippen LogP contribution in [0.25, 0.3) is 0 Å². The van der Waals surface area contributed by atoms with E-state index >= 15 is 0 Å². The second-order valence-corrected chi connectivity index (χ2v) is 2.33. The van der Waals surface area contributed by atoms with Crippen LogP contribution in [-0.4, -0.2) is 22.1 Å². The maximum absolute atomic E-state index is 11.2. The van der Waals surface area contributed by atoms with Crippen molar-refractivity contribution >= 4 is 12.1 Å². The number of rotatable bonds is 2. The van der Waals surface area contributed by atoms with Gasteiger partial charge in [0.05, 0.1) is 0 Å². The lowest BCUT2D eigenvalue weighted by Crippen LogP contribution is -2.28. The molecule has 1 rings (SSSR count). The summed E-state index contributed by atoms with van der Waals surface area (Å²) in [6.07, 6.45) is 1.36. The Balaban J connectivity index is 3.01. The van der Waals surface area contributed by atoms with Gasteiger partial charge >= 0.3 is 5.69 Å². The van der Waals surface area contributed by atoms with Crippen molar-refractivity contribution < 1.29 is 4.79 Å². The molecule has 0 aliphatic heterocycles. The van der Waals surface area contributed by atoms with Crippen LogP contribution in [-0.2, 0) is 0 Å². The monoisotopic (exact) mass is 196 g/mol. The van der Waals surface area contributed by atoms with E-state index in [4.69, 9.17) is 0 Å². The fourth-order valence-corrected chi connectivity index (χ4v) is 0.774. The van der Waals surface area contributed by atoms with Crippen molar-refractivity contribution in [1.29, 1.82) is 0 Å². The number of nitrogens with zero attached hydrogens (tertiary/aromatic N) is 1. The molecule has 0 aromatic carbocycles. The fraction of sp³-hybridized carbons (Fsp3) is 0.143. The van der Waals surface area contributed by atoms with Gasteiger partial charge in [-0.2, -0.15) is 5.10 Å². The van der Waals surface area contributed by atoms with Gasteiger partial charge in [-0.1, -0.05) is 0 Å². The van der Waals surface area contributed by atoms with Gasteiger partial charge in [-0.15, -0.1) is 0 Å². The van der Waals surface area contributed by atoms with Crippen LogP contribution in [0.15, 0.2) is 20.8 Å². The summed E-state index contributed by atoms with van der Waals surface area (Å²) in [7, 11) is 0. The molecule has 0 saturated heterocycles. The zero-order chi connectivity index (χ0) is 10.6. The molecule has 0 atom stereocenters. The van der Waals surface area contributed by atoms with Crippen LogP contribution in [0.1, 0.15) is 17.4 Å². The fourth-order valence-electron chi connectivity index (χ4n) is 0.774. The molecule has 0 aliphatic carbocycles. The highest BCUT2D eigenvalue weighted by molar-refractivity contribution is 5.92. The van der Waals surface area contributed by atoms with E-state index in [1.54, 1.807) is 6.92 Å². The molecule has 0 radical (unpaired) electrons. The topological polar surface area (TPSA) is 107 Å². The molecule has 0 fully saturated rings. The lowest BCUT2D eigenvalue weighted by atomic mass is 10.4. The number of aromatic amines is 2. The third kappa shape index (κ3) is 2.41. The van der Waals surface area contributed by atoms with Crippen molar-refractivity contribution in [2.75, 3.05) is 0 Å². The van der Waals surface area contributed by atoms with Crippen LogP contribution in [0.2, 0.25) is 0 Å². The zero-order valence-corrected chi connectivity index (χ0v) is 7.33. The molecule has 14 heavy (non-hydrogen) atoms. The van der Waals surface area contributed by atoms with Gasteiger partial charge in [-0.3, -0.25) is 14.6 Å². The Morgan fingerprint density at radius 1 is 1.50 bits per heavy atom. The summed E-state index contributed by atoms with van der Waals surface area (Å²) in [5.41, 5.74) is 0.603. The number of nitrogens with one attached hydrogen (secondary N) is 3. The van der Waals surface area contributed by atoms with Gasteiger partial charge in [0.1, 0.15) is 5.69 Å². The van der Waals surface area contributed by atoms with Crippen molar-refractivity contribution in [3.05, 3.63) is 32.6 Å². The van der Waals surface area contributed by atoms with E-state index in [1.165, 1.54) is 6.21 Å². The Labute approximate surface area is 77.9 Å². The molecule has 1 aromatic rings. The van der Waals surface area contributed by atoms with E-state index in [9.17, 15) is 14.4 Å². The molecule has 0 aliphatic rings. The quantitative estimate of drug-likeness (QED) is 0.408. The second-order valence-electron chi connectivity index (χ2n) is 2.33. The molecule has 3 N–H and O–H groups in total. The Morgan fingerprint density at radius 3 is 2.79 bits per heavy atom. The summed E-state index contributed by atoms with van der Waals surface area (Å²) in [5, 5.41) is 3.45. The van der Waals surface area contributed by atoms with E-state index in [0.29, 0.717) is 0 Å². The summed E-state index contributed by atoms with van der Waals surface area (Å²) in [6, 6.07) is 0.974. The van der Waals surface area contributed by atoms with Crippen LogP contribution >= 0.6 is 0 Å². The lowest BCUT2D eigenvalue weighted by Gasteiger charge is -1.96. The minimum absolute atomic E-state index is 0.135. The number of hydrogen-bond donors (Lipinski definition) is 3. The van der Waals surface area contributed by atoms with Crippen molar-refractivity contribution in [1.82, 2.24) is 15.4 Å². The minimum atomic E-state index is -0.733. The standard InChI is InChI=1S/C7H8N4O3/c1-2-8-11-6(13)4-3-5(12)10-7(14)9-4/h2-3H,1H3,(H,11,13)(H2,9,10,12,14)/b8-2+. The van der Waals surface area contributed by atoms with Gasteiger partial charge in [0, 0.05) is 12.3 Å². The van der Waals surface area contributed by atoms with Gasteiger partial charge in [-0.25, -0.2) is 10.2 Å². The van der Waals surface area contributed by atoms with Crippen LogP contribution in [0.5, 0.6) is 0 Å². The van der Waals surface area contributed by atoms with Crippen LogP contribution < -0.4 is 16.7 Å². The number of hydrogen-bond acceptors (Lipinski definition) is 4. The lowest BCUT2D eigenvalue weighted by molar-refractivity contribution is 0.0949. The van der Waals surface area contributed by atoms with Crippen molar-refractivity contribution in [3.8, 4) is 0 Å². The highest BCUT2D eigenvalue weighted by Gasteiger charge is 2.05. The Morgan fingerprint density at radius 2 is 2.21 bits per heavy atom. The number of hydrazone groups is 1. The molecule has 7 nitrogen and oxygen atoms in total. The van der Waals surface area contributed by atoms with Gasteiger partial charge < -0.3 is 4.98 Å². The smallest absolute Gasteiger partial charge is 0.303 e. The van der Waals surface area contributed by atoms with Crippen molar-refractivity contribution in [3.63, 3.8) is 0 Å². The first-order chi connectivity index (χ1) is 6.63. The summed E-state index contributed by atoms with van der Waals surface area (Å²) in [5.74, 6) is -0.647. The van der Waals surface area contributed by atoms with Crippen molar-refractivity contribution in [2.45, 2.75) is 6.92 Å². The first kappa shape index (κ1) is 9.90. The molecular formula is C7H8N4O3. The Hall–Kier alpha value is -2.18. The van der Waals surface area contributed by atoms with Crippen LogP contribution in [0, 0.1) is 0 Å². The highest BCUT2D eigenvalue weighted by Crippen LogP contribution is 1.84. The maximum atomic E-state index is 11.2. The van der Waals surface area contributed by atoms with Crippen molar-refractivity contribution in [2.24, 2.45) is 5.10 Å². The Bertz CT molecular complexity index is 442. The Kier molecular flexibility index (Phi) is 2.95. The SMILES string of the molecule is C/C=N/NC(=O)c1cc(=O)[nH]c(=O)[nH]1. The van der Waals surface area contributed by atoms with Gasteiger partial charge in [0.15, 0.2) is 0 Å². The summed E-state index contributed by atoms with van der Waals surface area (Å²) < 4.78 is 0. The third-order valence-corrected chi connectivity index (χ3v) is 1.30. The maximum Gasteiger partial charge on any atom is 0.326 e. The number of H-pyrrole nitrogens is 2. The highest BCUT2D eigenvalue weighted by atomic mass is 16.2. The first-order valence-corrected chi connectivity index (χ1v) is 3.75. The van der Waals surface area contributed by atoms with Gasteiger partial charge in [0.25, 0.3) is 11.5 Å². The number of carbonyl (C=O) groups excluding carboxylic acids is 1. The third-order valence-electron chi connectivity index (χ3n) is 1.30.